The summed E-state index contributed by atoms with van der Waals surface area (Å²) in [6.07, 6.45) is 0.478. The van der Waals surface area contributed by atoms with Crippen molar-refractivity contribution >= 4 is 29.3 Å². The van der Waals surface area contributed by atoms with Crippen LogP contribution in [0.4, 0.5) is 10.2 Å². The van der Waals surface area contributed by atoms with E-state index >= 15 is 4.39 Å². The van der Waals surface area contributed by atoms with Crippen molar-refractivity contribution in [2.45, 2.75) is 17.6 Å². The first-order chi connectivity index (χ1) is 15.5. The number of phosphoric acid groups is 3. The Kier molecular flexibility index (Phi) is 7.02. The highest BCUT2D eigenvalue weighted by molar-refractivity contribution is 7.66. The molecule has 0 amide bonds. The van der Waals surface area contributed by atoms with E-state index in [2.05, 4.69) is 28.4 Å². The summed E-state index contributed by atoms with van der Waals surface area (Å²) in [7, 11) is -17.2. The maximum Gasteiger partial charge on any atom is 0.490 e. The molecule has 2 aromatic heterocycles. The Morgan fingerprint density at radius 3 is 2.44 bits per heavy atom. The van der Waals surface area contributed by atoms with Crippen LogP contribution in [0.25, 0.3) is 0 Å². The Labute approximate surface area is 186 Å². The SMILES string of the molecule is Nc1ccn(C2(F)CO[C@@](COP(=O)(O)OP(=O)(O)OP(=O)(O)O)(n3ccnn3)[C@H]2O)c(=O)n1. The van der Waals surface area contributed by atoms with Crippen molar-refractivity contribution in [3.8, 4) is 0 Å². The second-order valence-electron chi connectivity index (χ2n) is 6.57. The van der Waals surface area contributed by atoms with Crippen LogP contribution in [0.3, 0.4) is 0 Å². The Hall–Kier alpha value is -1.92. The molecule has 1 saturated heterocycles. The Balaban J connectivity index is 1.92. The quantitative estimate of drug-likeness (QED) is 0.186. The average Bonchev–Trinajstić information content (AvgIpc) is 3.27. The molecule has 0 saturated carbocycles. The largest absolute Gasteiger partial charge is 0.490 e. The lowest BCUT2D eigenvalue weighted by atomic mass is 10.0. The molecule has 190 valence electrons. The van der Waals surface area contributed by atoms with Gasteiger partial charge < -0.3 is 35.2 Å². The van der Waals surface area contributed by atoms with Crippen molar-refractivity contribution in [2.75, 3.05) is 18.9 Å². The number of rotatable bonds is 9. The molecule has 0 bridgehead atoms. The summed E-state index contributed by atoms with van der Waals surface area (Å²) in [4.78, 5) is 51.6. The van der Waals surface area contributed by atoms with E-state index in [1.807, 2.05) is 0 Å². The van der Waals surface area contributed by atoms with Crippen LogP contribution in [0.2, 0.25) is 0 Å². The summed E-state index contributed by atoms with van der Waals surface area (Å²) in [5.41, 5.74) is 1.60. The summed E-state index contributed by atoms with van der Waals surface area (Å²) >= 11 is 0. The zero-order chi connectivity index (χ0) is 25.6. The fraction of sp³-hybridized carbons (Fsp3) is 0.455. The minimum Gasteiger partial charge on any atom is -0.383 e. The van der Waals surface area contributed by atoms with Crippen LogP contribution in [0, 0.1) is 0 Å². The Morgan fingerprint density at radius 2 is 1.88 bits per heavy atom. The molecule has 1 aliphatic rings. The van der Waals surface area contributed by atoms with Crippen molar-refractivity contribution in [1.29, 1.82) is 0 Å². The predicted octanol–water partition coefficient (Wildman–Crippen LogP) is -1.87. The first-order valence-electron chi connectivity index (χ1n) is 8.51. The number of nitrogens with zero attached hydrogens (tertiary/aromatic N) is 5. The number of nitrogens with two attached hydrogens (primary N) is 1. The Bertz CT molecular complexity index is 1250. The molecule has 3 rings (SSSR count). The lowest BCUT2D eigenvalue weighted by Crippen LogP contribution is -2.55. The molecule has 19 nitrogen and oxygen atoms in total. The van der Waals surface area contributed by atoms with E-state index in [1.54, 1.807) is 0 Å². The number of hydrogen-bond acceptors (Lipinski definition) is 13. The molecule has 3 unspecified atom stereocenters. The van der Waals surface area contributed by atoms with Gasteiger partial charge in [-0.15, -0.1) is 5.10 Å². The first kappa shape index (κ1) is 26.7. The van der Waals surface area contributed by atoms with Crippen LogP contribution in [-0.4, -0.2) is 68.5 Å². The van der Waals surface area contributed by atoms with Crippen molar-refractivity contribution < 1.29 is 60.6 Å². The van der Waals surface area contributed by atoms with Gasteiger partial charge in [-0.1, -0.05) is 5.21 Å². The molecule has 0 spiro atoms. The summed E-state index contributed by atoms with van der Waals surface area (Å²) in [6, 6.07) is 1.04. The normalized spacial score (nSPS) is 28.9. The molecular formula is C11H16FN6O13P3. The van der Waals surface area contributed by atoms with Gasteiger partial charge in [0.05, 0.1) is 6.20 Å². The second-order valence-corrected chi connectivity index (χ2v) is 11.0. The lowest BCUT2D eigenvalue weighted by molar-refractivity contribution is -0.164. The third-order valence-corrected chi connectivity index (χ3v) is 8.04. The van der Waals surface area contributed by atoms with E-state index < -0.39 is 60.0 Å². The third-order valence-electron chi connectivity index (χ3n) is 4.26. The number of nitrogen functional groups attached to an aromatic ring is 1. The van der Waals surface area contributed by atoms with Gasteiger partial charge in [-0.3, -0.25) is 9.09 Å². The Morgan fingerprint density at radius 1 is 1.21 bits per heavy atom. The van der Waals surface area contributed by atoms with Crippen LogP contribution in [0.1, 0.15) is 0 Å². The van der Waals surface area contributed by atoms with Gasteiger partial charge in [0.2, 0.25) is 11.5 Å². The van der Waals surface area contributed by atoms with Gasteiger partial charge in [-0.05, 0) is 6.07 Å². The lowest BCUT2D eigenvalue weighted by Gasteiger charge is -2.33. The van der Waals surface area contributed by atoms with E-state index in [4.69, 9.17) is 20.3 Å². The molecule has 34 heavy (non-hydrogen) atoms. The number of halogens is 1. The fourth-order valence-electron chi connectivity index (χ4n) is 2.90. The molecule has 0 aromatic carbocycles. The molecule has 0 radical (unpaired) electrons. The molecular weight excluding hydrogens is 536 g/mol. The van der Waals surface area contributed by atoms with Gasteiger partial charge in [0.15, 0.2) is 6.10 Å². The van der Waals surface area contributed by atoms with E-state index in [9.17, 15) is 33.4 Å². The van der Waals surface area contributed by atoms with Gasteiger partial charge in [0.1, 0.15) is 19.0 Å². The van der Waals surface area contributed by atoms with Crippen LogP contribution in [0.15, 0.2) is 29.5 Å². The van der Waals surface area contributed by atoms with E-state index in [0.717, 1.165) is 24.7 Å². The average molecular weight is 552 g/mol. The number of hydrogen-bond donors (Lipinski definition) is 6. The molecule has 7 N–H and O–H groups in total. The molecule has 2 aromatic rings. The zero-order valence-corrected chi connectivity index (χ0v) is 19.0. The number of ether oxygens (including phenoxy) is 1. The summed E-state index contributed by atoms with van der Waals surface area (Å²) in [5, 5.41) is 17.8. The van der Waals surface area contributed by atoms with Crippen molar-refractivity contribution in [1.82, 2.24) is 24.5 Å². The monoisotopic (exact) mass is 552 g/mol. The van der Waals surface area contributed by atoms with E-state index in [-0.39, 0.29) is 5.82 Å². The molecule has 0 aliphatic carbocycles. The number of aliphatic hydroxyl groups is 1. The number of phosphoric ester groups is 1. The van der Waals surface area contributed by atoms with Gasteiger partial charge in [-0.25, -0.2) is 27.6 Å². The number of anilines is 1. The standard InChI is InChI=1S/C11H16FN6O13P3/c12-10(17-3-1-7(13)15-9(17)20)5-28-11(8(10)19,18-4-2-14-16-18)6-29-33(24,25)31-34(26,27)30-32(21,22)23/h1-4,8,19H,5-6H2,(H,24,25)(H,26,27)(H2,13,15,20)(H2,21,22,23)/t8-,10?,11+/m0/s1. The molecule has 3 heterocycles. The third kappa shape index (κ3) is 5.49. The number of alkyl halides is 1. The van der Waals surface area contributed by atoms with Crippen LogP contribution < -0.4 is 11.4 Å². The molecule has 1 aliphatic heterocycles. The van der Waals surface area contributed by atoms with Crippen LogP contribution in [-0.2, 0) is 43.1 Å². The number of aliphatic hydroxyl groups excluding tert-OH is 1. The fourth-order valence-corrected chi connectivity index (χ4v) is 5.94. The van der Waals surface area contributed by atoms with E-state index in [1.165, 1.54) is 0 Å². The van der Waals surface area contributed by atoms with Crippen LogP contribution >= 0.6 is 23.5 Å². The highest BCUT2D eigenvalue weighted by atomic mass is 31.3. The molecule has 1 fully saturated rings. The maximum atomic E-state index is 15.8. The maximum absolute atomic E-state index is 15.8. The molecule has 5 atom stereocenters. The van der Waals surface area contributed by atoms with Gasteiger partial charge in [0, 0.05) is 12.4 Å². The summed E-state index contributed by atoms with van der Waals surface area (Å²) in [6.45, 7) is -2.41. The van der Waals surface area contributed by atoms with Crippen molar-refractivity contribution in [2.24, 2.45) is 0 Å². The van der Waals surface area contributed by atoms with Gasteiger partial charge >= 0.3 is 29.2 Å². The van der Waals surface area contributed by atoms with E-state index in [0.29, 0.717) is 9.25 Å². The highest BCUT2D eigenvalue weighted by Crippen LogP contribution is 2.66. The van der Waals surface area contributed by atoms with Crippen molar-refractivity contribution in [3.63, 3.8) is 0 Å². The van der Waals surface area contributed by atoms with Gasteiger partial charge in [-0.2, -0.15) is 13.6 Å². The highest BCUT2D eigenvalue weighted by Gasteiger charge is 2.63. The summed E-state index contributed by atoms with van der Waals surface area (Å²) < 4.78 is 68.1. The first-order valence-corrected chi connectivity index (χ1v) is 13.0. The summed E-state index contributed by atoms with van der Waals surface area (Å²) in [5.74, 6) is -3.32. The molecule has 23 heteroatoms. The van der Waals surface area contributed by atoms with Crippen molar-refractivity contribution in [3.05, 3.63) is 35.1 Å². The second kappa shape index (κ2) is 8.94. The topological polar surface area (TPSA) is 281 Å². The zero-order valence-electron chi connectivity index (χ0n) is 16.3. The smallest absolute Gasteiger partial charge is 0.383 e. The number of aromatic nitrogens is 5. The van der Waals surface area contributed by atoms with Gasteiger partial charge in [0.25, 0.3) is 0 Å². The minimum absolute atomic E-state index is 0.256. The minimum atomic E-state index is -5.86. The van der Waals surface area contributed by atoms with Crippen LogP contribution in [0.5, 0.6) is 0 Å². The predicted molar refractivity (Wildman–Crippen MR) is 102 cm³/mol.